The summed E-state index contributed by atoms with van der Waals surface area (Å²) in [6, 6.07) is 45.7. The molecule has 0 aliphatic heterocycles. The van der Waals surface area contributed by atoms with Crippen LogP contribution >= 0.6 is 0 Å². The molecule has 0 N–H and O–H groups in total. The molecule has 0 saturated carbocycles. The van der Waals surface area contributed by atoms with Gasteiger partial charge in [0.05, 0.1) is 28.0 Å². The summed E-state index contributed by atoms with van der Waals surface area (Å²) in [6.45, 7) is 13.5. The fraction of sp³-hybridized carbons (Fsp3) is 0.167. The van der Waals surface area contributed by atoms with Crippen LogP contribution in [0, 0.1) is 13.8 Å². The van der Waals surface area contributed by atoms with Crippen LogP contribution in [0.5, 0.6) is 0 Å². The van der Waals surface area contributed by atoms with Gasteiger partial charge in [-0.3, -0.25) is 4.57 Å². The largest absolute Gasteiger partial charge is 0.437 e. The maximum absolute atomic E-state index is 6.77. The Hall–Kier alpha value is -6.00. The van der Waals surface area contributed by atoms with Crippen LogP contribution in [0.2, 0.25) is 0 Å². The van der Waals surface area contributed by atoms with Crippen molar-refractivity contribution < 1.29 is 4.42 Å². The Morgan fingerprint density at radius 1 is 0.577 bits per heavy atom. The maximum Gasteiger partial charge on any atom is 0.227 e. The molecule has 0 atom stereocenters. The molecule has 52 heavy (non-hydrogen) atoms. The molecule has 0 fully saturated rings. The number of benzene rings is 6. The number of fused-ring (bicyclic) bond motifs is 5. The van der Waals surface area contributed by atoms with E-state index in [0.29, 0.717) is 5.71 Å². The molecule has 9 rings (SSSR count). The highest BCUT2D eigenvalue weighted by atomic mass is 16.3. The molecule has 0 spiro atoms. The van der Waals surface area contributed by atoms with Gasteiger partial charge in [-0.25, -0.2) is 9.97 Å². The van der Waals surface area contributed by atoms with Gasteiger partial charge in [-0.1, -0.05) is 107 Å². The van der Waals surface area contributed by atoms with Gasteiger partial charge in [0.1, 0.15) is 11.4 Å². The minimum atomic E-state index is 0.261. The number of para-hydroxylation sites is 3. The summed E-state index contributed by atoms with van der Waals surface area (Å²) in [5.41, 5.74) is 15.1. The second kappa shape index (κ2) is 12.3. The smallest absolute Gasteiger partial charge is 0.227 e. The van der Waals surface area contributed by atoms with Gasteiger partial charge in [0, 0.05) is 16.3 Å². The second-order valence-corrected chi connectivity index (χ2v) is 14.7. The lowest BCUT2D eigenvalue weighted by molar-refractivity contribution is 0.655. The van der Waals surface area contributed by atoms with E-state index < -0.39 is 0 Å². The molecule has 6 aromatic carbocycles. The summed E-state index contributed by atoms with van der Waals surface area (Å²) in [5, 5.41) is 4.53. The van der Waals surface area contributed by atoms with Crippen LogP contribution < -0.4 is 0 Å². The first kappa shape index (κ1) is 31.9. The summed E-state index contributed by atoms with van der Waals surface area (Å²) < 4.78 is 9.16. The first-order valence-electron chi connectivity index (χ1n) is 18.3. The Morgan fingerprint density at radius 2 is 1.27 bits per heavy atom. The number of aryl methyl sites for hydroxylation is 2. The van der Waals surface area contributed by atoms with E-state index in [1.807, 2.05) is 0 Å². The Morgan fingerprint density at radius 3 is 2.02 bits per heavy atom. The van der Waals surface area contributed by atoms with Gasteiger partial charge in [-0.15, -0.1) is 0 Å². The van der Waals surface area contributed by atoms with Crippen molar-refractivity contribution >= 4 is 43.9 Å². The standard InChI is InChI=1S/C48H41N3O/c1-28(2)39-26-35(34-22-21-32-15-7-8-16-33(32)25-34)27-40(29(3)4)45(39)51-43-20-10-9-19-41(43)49-47(51)38-18-12-17-36-37-23-24-42(50-48(37)52-46(36)38)44-30(5)13-11-14-31(44)6/h7-29H,1-6H3. The third-order valence-corrected chi connectivity index (χ3v) is 10.6. The van der Waals surface area contributed by atoms with Crippen molar-refractivity contribution in [3.05, 3.63) is 150 Å². The van der Waals surface area contributed by atoms with Gasteiger partial charge in [0.25, 0.3) is 0 Å². The topological polar surface area (TPSA) is 43.9 Å². The van der Waals surface area contributed by atoms with E-state index in [4.69, 9.17) is 14.4 Å². The molecule has 0 bridgehead atoms. The molecule has 0 saturated heterocycles. The second-order valence-electron chi connectivity index (χ2n) is 14.7. The summed E-state index contributed by atoms with van der Waals surface area (Å²) >= 11 is 0. The highest BCUT2D eigenvalue weighted by Crippen LogP contribution is 2.43. The molecule has 4 heteroatoms. The van der Waals surface area contributed by atoms with E-state index in [1.54, 1.807) is 0 Å². The number of hydrogen-bond acceptors (Lipinski definition) is 3. The van der Waals surface area contributed by atoms with Gasteiger partial charge >= 0.3 is 0 Å². The first-order valence-corrected chi connectivity index (χ1v) is 18.3. The molecule has 0 unspecified atom stereocenters. The molecule has 9 aromatic rings. The highest BCUT2D eigenvalue weighted by molar-refractivity contribution is 6.09. The molecule has 4 nitrogen and oxygen atoms in total. The lowest BCUT2D eigenvalue weighted by Gasteiger charge is -2.24. The van der Waals surface area contributed by atoms with E-state index in [-0.39, 0.29) is 11.8 Å². The molecule has 0 radical (unpaired) electrons. The maximum atomic E-state index is 6.77. The summed E-state index contributed by atoms with van der Waals surface area (Å²) in [5.74, 6) is 1.39. The van der Waals surface area contributed by atoms with E-state index >= 15 is 0 Å². The Bertz CT molecular complexity index is 2780. The molecule has 254 valence electrons. The quantitative estimate of drug-likeness (QED) is 0.176. The number of imidazole rings is 1. The predicted molar refractivity (Wildman–Crippen MR) is 218 cm³/mol. The van der Waals surface area contributed by atoms with E-state index in [2.05, 4.69) is 174 Å². The third kappa shape index (κ3) is 5.12. The fourth-order valence-electron chi connectivity index (χ4n) is 8.00. The third-order valence-electron chi connectivity index (χ3n) is 10.6. The van der Waals surface area contributed by atoms with Crippen LogP contribution in [0.4, 0.5) is 0 Å². The number of nitrogens with zero attached hydrogens (tertiary/aromatic N) is 3. The molecule has 0 aliphatic rings. The number of hydrogen-bond donors (Lipinski definition) is 0. The van der Waals surface area contributed by atoms with Crippen LogP contribution in [0.25, 0.3) is 83.3 Å². The Labute approximate surface area is 304 Å². The Balaban J connectivity index is 1.30. The minimum Gasteiger partial charge on any atom is -0.437 e. The number of pyridine rings is 1. The number of aromatic nitrogens is 3. The molecular weight excluding hydrogens is 635 g/mol. The van der Waals surface area contributed by atoms with Crippen molar-refractivity contribution in [2.24, 2.45) is 0 Å². The van der Waals surface area contributed by atoms with Crippen LogP contribution in [0.15, 0.2) is 132 Å². The van der Waals surface area contributed by atoms with E-state index in [9.17, 15) is 0 Å². The first-order chi connectivity index (χ1) is 25.3. The normalized spacial score (nSPS) is 12.0. The lowest BCUT2D eigenvalue weighted by Crippen LogP contribution is -2.09. The average molecular weight is 676 g/mol. The zero-order chi connectivity index (χ0) is 35.7. The summed E-state index contributed by atoms with van der Waals surface area (Å²) in [4.78, 5) is 10.5. The van der Waals surface area contributed by atoms with Gasteiger partial charge in [0.2, 0.25) is 5.71 Å². The minimum absolute atomic E-state index is 0.261. The van der Waals surface area contributed by atoms with Crippen LogP contribution in [0.3, 0.4) is 0 Å². The Kier molecular flexibility index (Phi) is 7.58. The zero-order valence-corrected chi connectivity index (χ0v) is 30.5. The van der Waals surface area contributed by atoms with E-state index in [0.717, 1.165) is 50.0 Å². The number of rotatable bonds is 6. The van der Waals surface area contributed by atoms with Crippen molar-refractivity contribution in [1.82, 2.24) is 14.5 Å². The van der Waals surface area contributed by atoms with Gasteiger partial charge in [0.15, 0.2) is 0 Å². The molecule has 3 aromatic heterocycles. The number of furan rings is 1. The summed E-state index contributed by atoms with van der Waals surface area (Å²) in [6.07, 6.45) is 0. The molecule has 0 aliphatic carbocycles. The van der Waals surface area contributed by atoms with Crippen LogP contribution in [-0.2, 0) is 0 Å². The average Bonchev–Trinajstić information content (AvgIpc) is 3.72. The molecule has 3 heterocycles. The SMILES string of the molecule is Cc1cccc(C)c1-c1ccc2c(n1)oc1c(-c3nc4ccccc4n3-c3c(C(C)C)cc(-c4ccc5ccccc5c4)cc3C(C)C)cccc12. The van der Waals surface area contributed by atoms with E-state index in [1.165, 1.54) is 49.8 Å². The van der Waals surface area contributed by atoms with Gasteiger partial charge in [-0.2, -0.15) is 0 Å². The van der Waals surface area contributed by atoms with Crippen molar-refractivity contribution in [1.29, 1.82) is 0 Å². The van der Waals surface area contributed by atoms with Gasteiger partial charge < -0.3 is 4.42 Å². The highest BCUT2D eigenvalue weighted by Gasteiger charge is 2.26. The predicted octanol–water partition coefficient (Wildman–Crippen LogP) is 13.3. The zero-order valence-electron chi connectivity index (χ0n) is 30.5. The molecular formula is C48H41N3O. The van der Waals surface area contributed by atoms with Crippen molar-refractivity contribution in [3.63, 3.8) is 0 Å². The lowest BCUT2D eigenvalue weighted by atomic mass is 9.87. The fourth-order valence-corrected chi connectivity index (χ4v) is 8.00. The van der Waals surface area contributed by atoms with Crippen molar-refractivity contribution in [2.75, 3.05) is 0 Å². The molecule has 0 amide bonds. The van der Waals surface area contributed by atoms with Crippen molar-refractivity contribution in [2.45, 2.75) is 53.4 Å². The van der Waals surface area contributed by atoms with Crippen LogP contribution in [-0.4, -0.2) is 14.5 Å². The van der Waals surface area contributed by atoms with Gasteiger partial charge in [-0.05, 0) is 118 Å². The summed E-state index contributed by atoms with van der Waals surface area (Å²) in [7, 11) is 0. The van der Waals surface area contributed by atoms with Crippen molar-refractivity contribution in [3.8, 4) is 39.5 Å². The van der Waals surface area contributed by atoms with Crippen LogP contribution in [0.1, 0.15) is 61.8 Å². The monoisotopic (exact) mass is 675 g/mol.